The number of aryl methyl sites for hydroxylation is 1. The molecular formula is C21H23N3O5S. The maximum Gasteiger partial charge on any atom is 0.269 e. The van der Waals surface area contributed by atoms with Crippen LogP contribution in [0.3, 0.4) is 0 Å². The lowest BCUT2D eigenvalue weighted by Crippen LogP contribution is -2.50. The summed E-state index contributed by atoms with van der Waals surface area (Å²) >= 11 is 0. The van der Waals surface area contributed by atoms with E-state index in [0.717, 1.165) is 11.1 Å². The van der Waals surface area contributed by atoms with Crippen LogP contribution < -0.4 is 5.32 Å². The Balaban J connectivity index is 1.91. The monoisotopic (exact) mass is 429 g/mol. The van der Waals surface area contributed by atoms with Gasteiger partial charge in [-0.25, -0.2) is 12.7 Å². The molecule has 2 aromatic carbocycles. The third-order valence-corrected chi connectivity index (χ3v) is 6.99. The van der Waals surface area contributed by atoms with Gasteiger partial charge in [-0.15, -0.1) is 0 Å². The van der Waals surface area contributed by atoms with Crippen molar-refractivity contribution in [3.8, 4) is 0 Å². The second kappa shape index (κ2) is 8.27. The first kappa shape index (κ1) is 21.5. The van der Waals surface area contributed by atoms with E-state index < -0.39 is 40.3 Å². The molecule has 0 radical (unpaired) electrons. The van der Waals surface area contributed by atoms with Crippen molar-refractivity contribution in [2.45, 2.75) is 31.3 Å². The van der Waals surface area contributed by atoms with Crippen LogP contribution in [0.1, 0.15) is 28.4 Å². The molecule has 0 unspecified atom stereocenters. The lowest BCUT2D eigenvalue weighted by atomic mass is 10.1. The van der Waals surface area contributed by atoms with Gasteiger partial charge in [0.15, 0.2) is 0 Å². The van der Waals surface area contributed by atoms with Crippen LogP contribution >= 0.6 is 0 Å². The van der Waals surface area contributed by atoms with Crippen LogP contribution in [0.4, 0.5) is 0 Å². The molecule has 0 aliphatic carbocycles. The Kier molecular flexibility index (Phi) is 5.93. The molecule has 158 valence electrons. The molecule has 3 amide bonds. The molecule has 0 fully saturated rings. The minimum atomic E-state index is -4.12. The summed E-state index contributed by atoms with van der Waals surface area (Å²) in [5.41, 5.74) is 1.78. The van der Waals surface area contributed by atoms with Gasteiger partial charge in [-0.05, 0) is 37.1 Å². The predicted octanol–water partition coefficient (Wildman–Crippen LogP) is 1.30. The summed E-state index contributed by atoms with van der Waals surface area (Å²) in [5.74, 6) is -1.78. The summed E-state index contributed by atoms with van der Waals surface area (Å²) in [6, 6.07) is 12.4. The fourth-order valence-electron chi connectivity index (χ4n) is 3.36. The van der Waals surface area contributed by atoms with Crippen molar-refractivity contribution < 1.29 is 22.8 Å². The van der Waals surface area contributed by atoms with Crippen LogP contribution in [0, 0.1) is 6.92 Å². The fraction of sp³-hybridized carbons (Fsp3) is 0.286. The summed E-state index contributed by atoms with van der Waals surface area (Å²) < 4.78 is 26.1. The molecule has 8 nitrogen and oxygen atoms in total. The lowest BCUT2D eigenvalue weighted by Gasteiger charge is -2.30. The quantitative estimate of drug-likeness (QED) is 0.746. The molecule has 1 atom stereocenters. The topological polar surface area (TPSA) is 104 Å². The van der Waals surface area contributed by atoms with Crippen LogP contribution in [-0.2, 0) is 26.2 Å². The Morgan fingerprint density at radius 1 is 1.10 bits per heavy atom. The molecule has 0 aromatic heterocycles. The predicted molar refractivity (Wildman–Crippen MR) is 110 cm³/mol. The molecule has 0 spiro atoms. The molecule has 3 rings (SSSR count). The van der Waals surface area contributed by atoms with E-state index in [-0.39, 0.29) is 17.0 Å². The summed E-state index contributed by atoms with van der Waals surface area (Å²) in [4.78, 5) is 39.2. The molecule has 1 heterocycles. The van der Waals surface area contributed by atoms with E-state index in [0.29, 0.717) is 4.31 Å². The maximum atomic E-state index is 13.1. The maximum absolute atomic E-state index is 13.1. The van der Waals surface area contributed by atoms with Crippen LogP contribution in [0.25, 0.3) is 0 Å². The number of benzene rings is 2. The van der Waals surface area contributed by atoms with Crippen molar-refractivity contribution in [1.82, 2.24) is 14.5 Å². The number of fused-ring (bicyclic) bond motifs is 1. The summed E-state index contributed by atoms with van der Waals surface area (Å²) in [7, 11) is -2.66. The number of likely N-dealkylation sites (N-methyl/N-ethyl adjacent to an activating group) is 1. The van der Waals surface area contributed by atoms with Gasteiger partial charge in [-0.1, -0.05) is 36.4 Å². The van der Waals surface area contributed by atoms with E-state index in [1.807, 2.05) is 31.2 Å². The number of nitrogens with one attached hydrogen (secondary N) is 1. The highest BCUT2D eigenvalue weighted by atomic mass is 32.2. The summed E-state index contributed by atoms with van der Waals surface area (Å²) in [6.07, 6.45) is 0. The Labute approximate surface area is 175 Å². The van der Waals surface area contributed by atoms with Crippen molar-refractivity contribution >= 4 is 27.7 Å². The largest absolute Gasteiger partial charge is 0.357 e. The number of carbonyl (C=O) groups is 3. The van der Waals surface area contributed by atoms with E-state index in [2.05, 4.69) is 5.32 Å². The normalized spacial score (nSPS) is 15.4. The van der Waals surface area contributed by atoms with Gasteiger partial charge in [-0.2, -0.15) is 0 Å². The van der Waals surface area contributed by atoms with Gasteiger partial charge in [0.25, 0.3) is 15.9 Å². The number of carbonyl (C=O) groups excluding carboxylic acids is 3. The Bertz CT molecular complexity index is 1110. The second-order valence-corrected chi connectivity index (χ2v) is 8.88. The minimum Gasteiger partial charge on any atom is -0.357 e. The zero-order chi connectivity index (χ0) is 22.1. The highest BCUT2D eigenvalue weighted by Gasteiger charge is 2.43. The Morgan fingerprint density at radius 3 is 2.37 bits per heavy atom. The van der Waals surface area contributed by atoms with Crippen LogP contribution in [0.2, 0.25) is 0 Å². The number of hydrogen-bond donors (Lipinski definition) is 1. The standard InChI is InChI=1S/C21H23N3O5S/c1-14-8-4-5-9-16(14)12-23(15(2)20(26)22-3)19(25)13-24-21(27)17-10-6-7-11-18(17)30(24,28)29/h4-11,15H,12-13H2,1-3H3,(H,22,26)/t15-/m0/s1. The number of hydrogen-bond acceptors (Lipinski definition) is 5. The smallest absolute Gasteiger partial charge is 0.269 e. The zero-order valence-electron chi connectivity index (χ0n) is 17.0. The first-order chi connectivity index (χ1) is 14.2. The number of rotatable bonds is 6. The summed E-state index contributed by atoms with van der Waals surface area (Å²) in [5, 5.41) is 2.50. The molecule has 0 saturated heterocycles. The van der Waals surface area contributed by atoms with Crippen molar-refractivity contribution in [1.29, 1.82) is 0 Å². The van der Waals surface area contributed by atoms with Crippen molar-refractivity contribution in [2.75, 3.05) is 13.6 Å². The van der Waals surface area contributed by atoms with E-state index >= 15 is 0 Å². The molecule has 1 aliphatic heterocycles. The first-order valence-electron chi connectivity index (χ1n) is 9.40. The highest BCUT2D eigenvalue weighted by Crippen LogP contribution is 2.30. The molecule has 30 heavy (non-hydrogen) atoms. The molecule has 2 aromatic rings. The van der Waals surface area contributed by atoms with E-state index in [9.17, 15) is 22.8 Å². The average Bonchev–Trinajstić information content (AvgIpc) is 2.93. The Morgan fingerprint density at radius 2 is 1.73 bits per heavy atom. The minimum absolute atomic E-state index is 0.0371. The molecule has 0 bridgehead atoms. The SMILES string of the molecule is CNC(=O)[C@H](C)N(Cc1ccccc1C)C(=O)CN1C(=O)c2ccccc2S1(=O)=O. The van der Waals surface area contributed by atoms with Crippen LogP contribution in [0.15, 0.2) is 53.4 Å². The highest BCUT2D eigenvalue weighted by molar-refractivity contribution is 7.90. The number of nitrogens with zero attached hydrogens (tertiary/aromatic N) is 2. The first-order valence-corrected chi connectivity index (χ1v) is 10.8. The number of amides is 3. The van der Waals surface area contributed by atoms with Gasteiger partial charge in [0.2, 0.25) is 11.8 Å². The summed E-state index contributed by atoms with van der Waals surface area (Å²) in [6.45, 7) is 2.87. The van der Waals surface area contributed by atoms with Gasteiger partial charge in [-0.3, -0.25) is 14.4 Å². The zero-order valence-corrected chi connectivity index (χ0v) is 17.8. The molecule has 1 N–H and O–H groups in total. The van der Waals surface area contributed by atoms with Gasteiger partial charge in [0, 0.05) is 13.6 Å². The van der Waals surface area contributed by atoms with Crippen LogP contribution in [-0.4, -0.2) is 55.0 Å². The fourth-order valence-corrected chi connectivity index (χ4v) is 4.88. The third kappa shape index (κ3) is 3.80. The van der Waals surface area contributed by atoms with Crippen molar-refractivity contribution in [2.24, 2.45) is 0 Å². The molecular weight excluding hydrogens is 406 g/mol. The van der Waals surface area contributed by atoms with Crippen molar-refractivity contribution in [3.05, 3.63) is 65.2 Å². The third-order valence-electron chi connectivity index (χ3n) is 5.21. The Hall–Kier alpha value is -3.20. The van der Waals surface area contributed by atoms with Gasteiger partial charge in [0.1, 0.15) is 17.5 Å². The van der Waals surface area contributed by atoms with E-state index in [4.69, 9.17) is 0 Å². The second-order valence-electron chi connectivity index (χ2n) is 7.05. The van der Waals surface area contributed by atoms with Gasteiger partial charge in [0.05, 0.1) is 5.56 Å². The number of sulfonamides is 1. The van der Waals surface area contributed by atoms with Gasteiger partial charge >= 0.3 is 0 Å². The molecule has 0 saturated carbocycles. The van der Waals surface area contributed by atoms with Crippen molar-refractivity contribution in [3.63, 3.8) is 0 Å². The van der Waals surface area contributed by atoms with E-state index in [1.54, 1.807) is 13.0 Å². The lowest BCUT2D eigenvalue weighted by molar-refractivity contribution is -0.140. The van der Waals surface area contributed by atoms with Crippen LogP contribution in [0.5, 0.6) is 0 Å². The molecule has 9 heteroatoms. The average molecular weight is 429 g/mol. The molecule has 1 aliphatic rings. The van der Waals surface area contributed by atoms with Gasteiger partial charge < -0.3 is 10.2 Å². The van der Waals surface area contributed by atoms with E-state index in [1.165, 1.54) is 30.1 Å².